The van der Waals surface area contributed by atoms with Crippen molar-refractivity contribution in [1.82, 2.24) is 14.8 Å². The lowest BCUT2D eigenvalue weighted by Gasteiger charge is -2.12. The number of rotatable bonds is 5. The van der Waals surface area contributed by atoms with Crippen LogP contribution in [0.15, 0.2) is 41.0 Å². The highest BCUT2D eigenvalue weighted by molar-refractivity contribution is 9.10. The Balaban J connectivity index is 1.61. The molecule has 0 radical (unpaired) electrons. The van der Waals surface area contributed by atoms with Crippen LogP contribution in [0, 0.1) is 0 Å². The van der Waals surface area contributed by atoms with Crippen molar-refractivity contribution in [3.05, 3.63) is 52.4 Å². The van der Waals surface area contributed by atoms with Crippen molar-refractivity contribution < 1.29 is 0 Å². The number of nitrogens with one attached hydrogen (secondary N) is 1. The average Bonchev–Trinajstić information content (AvgIpc) is 3.31. The maximum absolute atomic E-state index is 4.86. The van der Waals surface area contributed by atoms with Crippen molar-refractivity contribution in [2.45, 2.75) is 25.2 Å². The maximum atomic E-state index is 4.86. The van der Waals surface area contributed by atoms with E-state index in [9.17, 15) is 0 Å². The summed E-state index contributed by atoms with van der Waals surface area (Å²) in [5.74, 6) is 0.642. The molecule has 1 fully saturated rings. The number of aryl methyl sites for hydroxylation is 1. The molecule has 118 valence electrons. The van der Waals surface area contributed by atoms with E-state index < -0.39 is 0 Å². The van der Waals surface area contributed by atoms with Gasteiger partial charge in [-0.25, -0.2) is 0 Å². The number of pyridine rings is 1. The van der Waals surface area contributed by atoms with E-state index in [1.807, 2.05) is 17.9 Å². The van der Waals surface area contributed by atoms with Gasteiger partial charge in [-0.1, -0.05) is 12.1 Å². The fourth-order valence-electron chi connectivity index (χ4n) is 2.89. The van der Waals surface area contributed by atoms with E-state index in [4.69, 9.17) is 4.98 Å². The second kappa shape index (κ2) is 5.96. The van der Waals surface area contributed by atoms with Gasteiger partial charge in [-0.15, -0.1) is 0 Å². The molecule has 0 atom stereocenters. The Morgan fingerprint density at radius 3 is 2.91 bits per heavy atom. The molecule has 0 amide bonds. The fourth-order valence-corrected chi connectivity index (χ4v) is 3.34. The minimum Gasteiger partial charge on any atom is -0.384 e. The summed E-state index contributed by atoms with van der Waals surface area (Å²) >= 11 is 3.64. The van der Waals surface area contributed by atoms with Crippen LogP contribution in [0.5, 0.6) is 0 Å². The molecule has 5 heteroatoms. The van der Waals surface area contributed by atoms with Crippen LogP contribution in [0.4, 0.5) is 5.69 Å². The van der Waals surface area contributed by atoms with Crippen LogP contribution < -0.4 is 5.32 Å². The monoisotopic (exact) mass is 370 g/mol. The minimum atomic E-state index is 0.642. The summed E-state index contributed by atoms with van der Waals surface area (Å²) < 4.78 is 2.91. The lowest BCUT2D eigenvalue weighted by Crippen LogP contribution is -2.07. The normalized spacial score (nSPS) is 14.3. The molecule has 1 aliphatic rings. The van der Waals surface area contributed by atoms with Crippen LogP contribution in [0.1, 0.15) is 30.1 Å². The Morgan fingerprint density at radius 1 is 1.30 bits per heavy atom. The van der Waals surface area contributed by atoms with Gasteiger partial charge in [0, 0.05) is 53.4 Å². The Morgan fingerprint density at radius 2 is 2.17 bits per heavy atom. The first kappa shape index (κ1) is 14.7. The van der Waals surface area contributed by atoms with Gasteiger partial charge in [0.25, 0.3) is 0 Å². The number of para-hydroxylation sites is 1. The standard InChI is InChI=1S/C18H19BrN4/c1-23-10-8-13(22-23)7-9-20-17-11-16(12-5-6-12)21-18-14(17)3-2-4-15(18)19/h2-4,8,10-12H,5-7,9H2,1H3,(H,20,21). The topological polar surface area (TPSA) is 42.7 Å². The second-order valence-electron chi connectivity index (χ2n) is 6.16. The summed E-state index contributed by atoms with van der Waals surface area (Å²) in [5.41, 5.74) is 4.55. The van der Waals surface area contributed by atoms with Crippen LogP contribution in [-0.2, 0) is 13.5 Å². The molecule has 1 aromatic carbocycles. The average molecular weight is 371 g/mol. The molecule has 0 spiro atoms. The van der Waals surface area contributed by atoms with Crippen LogP contribution in [-0.4, -0.2) is 21.3 Å². The van der Waals surface area contributed by atoms with Crippen molar-refractivity contribution in [2.75, 3.05) is 11.9 Å². The van der Waals surface area contributed by atoms with Crippen LogP contribution in [0.25, 0.3) is 10.9 Å². The van der Waals surface area contributed by atoms with Crippen molar-refractivity contribution in [2.24, 2.45) is 7.05 Å². The predicted octanol–water partition coefficient (Wildman–Crippen LogP) is 4.26. The first-order valence-electron chi connectivity index (χ1n) is 8.02. The second-order valence-corrected chi connectivity index (χ2v) is 7.02. The van der Waals surface area contributed by atoms with Gasteiger partial charge in [0.15, 0.2) is 0 Å². The van der Waals surface area contributed by atoms with E-state index in [1.165, 1.54) is 29.6 Å². The Bertz CT molecular complexity index is 851. The third-order valence-corrected chi connectivity index (χ3v) is 4.91. The smallest absolute Gasteiger partial charge is 0.0868 e. The van der Waals surface area contributed by atoms with E-state index >= 15 is 0 Å². The Labute approximate surface area is 144 Å². The van der Waals surface area contributed by atoms with Gasteiger partial charge in [-0.3, -0.25) is 9.67 Å². The molecule has 4 nitrogen and oxygen atoms in total. The molecule has 23 heavy (non-hydrogen) atoms. The van der Waals surface area contributed by atoms with Gasteiger partial charge in [0.2, 0.25) is 0 Å². The summed E-state index contributed by atoms with van der Waals surface area (Å²) in [6.07, 6.45) is 5.42. The van der Waals surface area contributed by atoms with E-state index in [2.05, 4.69) is 56.7 Å². The summed E-state index contributed by atoms with van der Waals surface area (Å²) in [5, 5.41) is 9.19. The van der Waals surface area contributed by atoms with E-state index in [-0.39, 0.29) is 0 Å². The van der Waals surface area contributed by atoms with E-state index in [0.717, 1.165) is 28.6 Å². The van der Waals surface area contributed by atoms with E-state index in [0.29, 0.717) is 5.92 Å². The summed E-state index contributed by atoms with van der Waals surface area (Å²) in [6.45, 7) is 0.868. The molecule has 0 saturated heterocycles. The number of halogens is 1. The molecule has 1 aliphatic carbocycles. The summed E-state index contributed by atoms with van der Waals surface area (Å²) in [6, 6.07) is 10.6. The number of hydrogen-bond donors (Lipinski definition) is 1. The van der Waals surface area contributed by atoms with Crippen molar-refractivity contribution in [3.63, 3.8) is 0 Å². The Hall–Kier alpha value is -1.88. The predicted molar refractivity (Wildman–Crippen MR) is 96.8 cm³/mol. The summed E-state index contributed by atoms with van der Waals surface area (Å²) in [4.78, 5) is 4.86. The number of fused-ring (bicyclic) bond motifs is 1. The first-order valence-corrected chi connectivity index (χ1v) is 8.81. The van der Waals surface area contributed by atoms with Gasteiger partial charge in [0.05, 0.1) is 11.2 Å². The van der Waals surface area contributed by atoms with Crippen LogP contribution >= 0.6 is 15.9 Å². The molecule has 1 saturated carbocycles. The van der Waals surface area contributed by atoms with Crippen molar-refractivity contribution in [1.29, 1.82) is 0 Å². The SMILES string of the molecule is Cn1ccc(CCNc2cc(C3CC3)nc3c(Br)cccc23)n1. The number of hydrogen-bond acceptors (Lipinski definition) is 3. The van der Waals surface area contributed by atoms with Crippen molar-refractivity contribution >= 4 is 32.5 Å². The maximum Gasteiger partial charge on any atom is 0.0868 e. The lowest BCUT2D eigenvalue weighted by molar-refractivity contribution is 0.742. The van der Waals surface area contributed by atoms with Gasteiger partial charge >= 0.3 is 0 Å². The molecule has 2 heterocycles. The lowest BCUT2D eigenvalue weighted by atomic mass is 10.1. The molecular weight excluding hydrogens is 352 g/mol. The molecule has 3 aromatic rings. The fraction of sp³-hybridized carbons (Fsp3) is 0.333. The number of aromatic nitrogens is 3. The summed E-state index contributed by atoms with van der Waals surface area (Å²) in [7, 11) is 1.95. The molecule has 0 unspecified atom stereocenters. The van der Waals surface area contributed by atoms with Gasteiger partial charge < -0.3 is 5.32 Å². The van der Waals surface area contributed by atoms with Gasteiger partial charge in [-0.2, -0.15) is 5.10 Å². The van der Waals surface area contributed by atoms with Gasteiger partial charge in [0.1, 0.15) is 0 Å². The molecule has 4 rings (SSSR count). The zero-order valence-corrected chi connectivity index (χ0v) is 14.7. The van der Waals surface area contributed by atoms with Crippen molar-refractivity contribution in [3.8, 4) is 0 Å². The van der Waals surface area contributed by atoms with E-state index in [1.54, 1.807) is 0 Å². The zero-order chi connectivity index (χ0) is 15.8. The first-order chi connectivity index (χ1) is 11.2. The molecule has 2 aromatic heterocycles. The van der Waals surface area contributed by atoms with Crippen LogP contribution in [0.2, 0.25) is 0 Å². The number of nitrogens with zero attached hydrogens (tertiary/aromatic N) is 3. The molecule has 0 aliphatic heterocycles. The number of anilines is 1. The molecule has 0 bridgehead atoms. The van der Waals surface area contributed by atoms with Gasteiger partial charge in [-0.05, 0) is 47.0 Å². The zero-order valence-electron chi connectivity index (χ0n) is 13.1. The highest BCUT2D eigenvalue weighted by Crippen LogP contribution is 2.41. The minimum absolute atomic E-state index is 0.642. The molecule has 1 N–H and O–H groups in total. The highest BCUT2D eigenvalue weighted by atomic mass is 79.9. The number of benzene rings is 1. The Kier molecular flexibility index (Phi) is 3.81. The molecular formula is C18H19BrN4. The van der Waals surface area contributed by atoms with Crippen LogP contribution in [0.3, 0.4) is 0 Å². The third kappa shape index (κ3) is 3.11. The highest BCUT2D eigenvalue weighted by Gasteiger charge is 2.26. The third-order valence-electron chi connectivity index (χ3n) is 4.27. The largest absolute Gasteiger partial charge is 0.384 e. The quantitative estimate of drug-likeness (QED) is 0.729.